The lowest BCUT2D eigenvalue weighted by Gasteiger charge is -2.35. The van der Waals surface area contributed by atoms with Crippen LogP contribution in [0.2, 0.25) is 0 Å². The lowest BCUT2D eigenvalue weighted by molar-refractivity contribution is -0.384. The number of nitro groups is 1. The molecule has 1 fully saturated rings. The monoisotopic (exact) mass is 236 g/mol. The Labute approximate surface area is 99.6 Å². The van der Waals surface area contributed by atoms with Crippen molar-refractivity contribution < 1.29 is 4.92 Å². The molecular weight excluding hydrogens is 220 g/mol. The first-order valence-electron chi connectivity index (χ1n) is 5.80. The van der Waals surface area contributed by atoms with Crippen LogP contribution in [0, 0.1) is 10.1 Å². The Morgan fingerprint density at radius 3 is 3.12 bits per heavy atom. The molecule has 17 heavy (non-hydrogen) atoms. The molecule has 6 nitrogen and oxygen atoms in total. The molecule has 0 spiro atoms. The van der Waals surface area contributed by atoms with Gasteiger partial charge in [0.2, 0.25) is 5.82 Å². The fraction of sp³-hybridized carbons (Fsp3) is 0.545. The van der Waals surface area contributed by atoms with Crippen LogP contribution in [0.25, 0.3) is 0 Å². The van der Waals surface area contributed by atoms with Crippen LogP contribution < -0.4 is 10.6 Å². The standard InChI is InChI=1S/C11H16N4O2/c12-8-9-4-1-2-7-14(9)11-10(15(16)17)5-3-6-13-11/h3,5-6,9H,1-2,4,7-8,12H2/t9-/m1/s1. The van der Waals surface area contributed by atoms with Crippen LogP contribution in [0.1, 0.15) is 19.3 Å². The van der Waals surface area contributed by atoms with Crippen LogP contribution in [-0.4, -0.2) is 29.0 Å². The molecule has 1 atom stereocenters. The maximum absolute atomic E-state index is 11.0. The fourth-order valence-corrected chi connectivity index (χ4v) is 2.28. The zero-order valence-corrected chi connectivity index (χ0v) is 9.58. The second-order valence-electron chi connectivity index (χ2n) is 4.18. The number of nitrogens with two attached hydrogens (primary N) is 1. The summed E-state index contributed by atoms with van der Waals surface area (Å²) < 4.78 is 0. The molecule has 6 heteroatoms. The summed E-state index contributed by atoms with van der Waals surface area (Å²) in [6.45, 7) is 1.30. The molecule has 92 valence electrons. The van der Waals surface area contributed by atoms with E-state index in [1.54, 1.807) is 12.3 Å². The van der Waals surface area contributed by atoms with Gasteiger partial charge in [0, 0.05) is 31.4 Å². The number of aromatic nitrogens is 1. The summed E-state index contributed by atoms with van der Waals surface area (Å²) in [6, 6.07) is 3.24. The molecule has 0 bridgehead atoms. The third kappa shape index (κ3) is 2.36. The SMILES string of the molecule is NC[C@H]1CCCCN1c1ncccc1[N+](=O)[O-]. The number of pyridine rings is 1. The molecule has 1 aromatic heterocycles. The Morgan fingerprint density at radius 2 is 2.41 bits per heavy atom. The van der Waals surface area contributed by atoms with Crippen molar-refractivity contribution in [2.75, 3.05) is 18.0 Å². The first-order chi connectivity index (χ1) is 8.24. The second-order valence-corrected chi connectivity index (χ2v) is 4.18. The van der Waals surface area contributed by atoms with Gasteiger partial charge < -0.3 is 10.6 Å². The highest BCUT2D eigenvalue weighted by Crippen LogP contribution is 2.29. The van der Waals surface area contributed by atoms with E-state index >= 15 is 0 Å². The molecule has 0 aromatic carbocycles. The van der Waals surface area contributed by atoms with Crippen LogP contribution in [0.3, 0.4) is 0 Å². The lowest BCUT2D eigenvalue weighted by Crippen LogP contribution is -2.44. The van der Waals surface area contributed by atoms with Gasteiger partial charge in [-0.15, -0.1) is 0 Å². The van der Waals surface area contributed by atoms with Gasteiger partial charge in [0.1, 0.15) is 0 Å². The van der Waals surface area contributed by atoms with Crippen molar-refractivity contribution in [3.8, 4) is 0 Å². The number of anilines is 1. The summed E-state index contributed by atoms with van der Waals surface area (Å²) in [4.78, 5) is 16.7. The van der Waals surface area contributed by atoms with E-state index in [-0.39, 0.29) is 16.7 Å². The number of nitrogens with zero attached hydrogens (tertiary/aromatic N) is 3. The highest BCUT2D eigenvalue weighted by atomic mass is 16.6. The predicted octanol–water partition coefficient (Wildman–Crippen LogP) is 1.31. The molecule has 2 rings (SSSR count). The fourth-order valence-electron chi connectivity index (χ4n) is 2.28. The van der Waals surface area contributed by atoms with Crippen molar-refractivity contribution in [1.82, 2.24) is 4.98 Å². The molecule has 1 aliphatic heterocycles. The van der Waals surface area contributed by atoms with Crippen molar-refractivity contribution in [3.05, 3.63) is 28.4 Å². The van der Waals surface area contributed by atoms with Crippen LogP contribution >= 0.6 is 0 Å². The zero-order valence-electron chi connectivity index (χ0n) is 9.58. The summed E-state index contributed by atoms with van der Waals surface area (Å²) in [5.74, 6) is 0.452. The Balaban J connectivity index is 2.34. The van der Waals surface area contributed by atoms with Gasteiger partial charge in [0.05, 0.1) is 4.92 Å². The smallest absolute Gasteiger partial charge is 0.311 e. The predicted molar refractivity (Wildman–Crippen MR) is 64.9 cm³/mol. The summed E-state index contributed by atoms with van der Waals surface area (Å²) >= 11 is 0. The molecule has 0 aliphatic carbocycles. The van der Waals surface area contributed by atoms with E-state index in [2.05, 4.69) is 4.98 Å². The minimum absolute atomic E-state index is 0.0628. The molecule has 1 aliphatic rings. The van der Waals surface area contributed by atoms with Crippen molar-refractivity contribution in [2.45, 2.75) is 25.3 Å². The topological polar surface area (TPSA) is 85.3 Å². The van der Waals surface area contributed by atoms with Crippen LogP contribution in [0.15, 0.2) is 18.3 Å². The molecular formula is C11H16N4O2. The van der Waals surface area contributed by atoms with E-state index in [9.17, 15) is 10.1 Å². The molecule has 1 saturated heterocycles. The molecule has 0 amide bonds. The van der Waals surface area contributed by atoms with Gasteiger partial charge in [-0.1, -0.05) is 0 Å². The van der Waals surface area contributed by atoms with Gasteiger partial charge in [0.25, 0.3) is 0 Å². The van der Waals surface area contributed by atoms with Gasteiger partial charge in [-0.3, -0.25) is 10.1 Å². The van der Waals surface area contributed by atoms with Crippen molar-refractivity contribution in [1.29, 1.82) is 0 Å². The van der Waals surface area contributed by atoms with E-state index in [0.29, 0.717) is 12.4 Å². The normalized spacial score (nSPS) is 20.3. The van der Waals surface area contributed by atoms with Crippen molar-refractivity contribution >= 4 is 11.5 Å². The second kappa shape index (κ2) is 5.09. The number of hydrogen-bond donors (Lipinski definition) is 1. The van der Waals surface area contributed by atoms with Gasteiger partial charge in [-0.25, -0.2) is 4.98 Å². The average molecular weight is 236 g/mol. The summed E-state index contributed by atoms with van der Waals surface area (Å²) in [5.41, 5.74) is 5.78. The summed E-state index contributed by atoms with van der Waals surface area (Å²) in [5, 5.41) is 11.0. The number of rotatable bonds is 3. The zero-order chi connectivity index (χ0) is 12.3. The van der Waals surface area contributed by atoms with Gasteiger partial charge in [-0.2, -0.15) is 0 Å². The van der Waals surface area contributed by atoms with Crippen LogP contribution in [-0.2, 0) is 0 Å². The van der Waals surface area contributed by atoms with Crippen LogP contribution in [0.4, 0.5) is 11.5 Å². The molecule has 1 aromatic rings. The maximum Gasteiger partial charge on any atom is 0.311 e. The Bertz CT molecular complexity index is 410. The quantitative estimate of drug-likeness (QED) is 0.631. The summed E-state index contributed by atoms with van der Waals surface area (Å²) in [6.07, 6.45) is 4.72. The van der Waals surface area contributed by atoms with E-state index in [1.165, 1.54) is 6.07 Å². The third-order valence-electron chi connectivity index (χ3n) is 3.13. The van der Waals surface area contributed by atoms with Crippen LogP contribution in [0.5, 0.6) is 0 Å². The van der Waals surface area contributed by atoms with Crippen molar-refractivity contribution in [2.24, 2.45) is 5.73 Å². The number of piperidine rings is 1. The molecule has 0 unspecified atom stereocenters. The van der Waals surface area contributed by atoms with E-state index in [0.717, 1.165) is 25.8 Å². The Morgan fingerprint density at radius 1 is 1.59 bits per heavy atom. The highest BCUT2D eigenvalue weighted by Gasteiger charge is 2.27. The maximum atomic E-state index is 11.0. The first kappa shape index (κ1) is 11.8. The minimum atomic E-state index is -0.384. The van der Waals surface area contributed by atoms with E-state index in [4.69, 9.17) is 5.73 Å². The average Bonchev–Trinajstić information content (AvgIpc) is 2.38. The van der Waals surface area contributed by atoms with E-state index in [1.807, 2.05) is 4.90 Å². The van der Waals surface area contributed by atoms with Gasteiger partial charge >= 0.3 is 5.69 Å². The molecule has 2 heterocycles. The first-order valence-corrected chi connectivity index (χ1v) is 5.80. The largest absolute Gasteiger partial charge is 0.347 e. The van der Waals surface area contributed by atoms with E-state index < -0.39 is 0 Å². The minimum Gasteiger partial charge on any atom is -0.347 e. The van der Waals surface area contributed by atoms with Gasteiger partial charge in [0.15, 0.2) is 0 Å². The highest BCUT2D eigenvalue weighted by molar-refractivity contribution is 5.58. The van der Waals surface area contributed by atoms with Crippen molar-refractivity contribution in [3.63, 3.8) is 0 Å². The molecule has 0 radical (unpaired) electrons. The molecule has 0 saturated carbocycles. The third-order valence-corrected chi connectivity index (χ3v) is 3.13. The Kier molecular flexibility index (Phi) is 3.53. The number of hydrogen-bond acceptors (Lipinski definition) is 5. The lowest BCUT2D eigenvalue weighted by atomic mass is 10.0. The van der Waals surface area contributed by atoms with Gasteiger partial charge in [-0.05, 0) is 25.3 Å². The molecule has 2 N–H and O–H groups in total. The Hall–Kier alpha value is -1.69. The summed E-state index contributed by atoms with van der Waals surface area (Å²) in [7, 11) is 0.